The Bertz CT molecular complexity index is 688. The summed E-state index contributed by atoms with van der Waals surface area (Å²) >= 11 is 0. The second kappa shape index (κ2) is 4.20. The maximum Gasteiger partial charge on any atom is 0.0957 e. The van der Waals surface area contributed by atoms with Crippen molar-refractivity contribution in [3.8, 4) is 11.3 Å². The van der Waals surface area contributed by atoms with Crippen LogP contribution in [0.5, 0.6) is 0 Å². The fraction of sp³-hybridized carbons (Fsp3) is 0.500. The number of aromatic nitrogens is 2. The maximum atomic E-state index is 11.7. The van der Waals surface area contributed by atoms with Gasteiger partial charge in [0, 0.05) is 5.56 Å². The van der Waals surface area contributed by atoms with Crippen molar-refractivity contribution in [2.45, 2.75) is 51.2 Å². The van der Waals surface area contributed by atoms with Crippen molar-refractivity contribution in [3.63, 3.8) is 0 Å². The molecule has 1 aromatic carbocycles. The highest BCUT2D eigenvalue weighted by molar-refractivity contribution is 5.69. The van der Waals surface area contributed by atoms with Crippen LogP contribution in [0.25, 0.3) is 11.3 Å². The quantitative estimate of drug-likeness (QED) is 0.864. The van der Waals surface area contributed by atoms with Crippen molar-refractivity contribution in [1.82, 2.24) is 9.55 Å². The number of hydrogen-bond donors (Lipinski definition) is 1. The van der Waals surface area contributed by atoms with Crippen LogP contribution in [0.15, 0.2) is 36.8 Å². The van der Waals surface area contributed by atoms with E-state index in [1.807, 2.05) is 12.5 Å². The van der Waals surface area contributed by atoms with Crippen LogP contribution in [0.4, 0.5) is 0 Å². The number of fused-ring (bicyclic) bond motifs is 3. The Morgan fingerprint density at radius 3 is 2.76 bits per heavy atom. The van der Waals surface area contributed by atoms with Crippen LogP contribution in [-0.2, 0) is 0 Å². The minimum absolute atomic E-state index is 0.0125. The number of rotatable bonds is 1. The third kappa shape index (κ3) is 1.61. The molecule has 3 nitrogen and oxygen atoms in total. The molecule has 0 bridgehead atoms. The van der Waals surface area contributed by atoms with Crippen molar-refractivity contribution in [2.75, 3.05) is 0 Å². The predicted molar refractivity (Wildman–Crippen MR) is 83.0 cm³/mol. The van der Waals surface area contributed by atoms with Gasteiger partial charge >= 0.3 is 0 Å². The van der Waals surface area contributed by atoms with E-state index in [0.29, 0.717) is 0 Å². The minimum atomic E-state index is -0.715. The van der Waals surface area contributed by atoms with E-state index in [9.17, 15) is 5.11 Å². The highest BCUT2D eigenvalue weighted by Crippen LogP contribution is 2.55. The highest BCUT2D eigenvalue weighted by atomic mass is 16.3. The molecule has 1 saturated carbocycles. The molecule has 0 amide bonds. The van der Waals surface area contributed by atoms with E-state index in [1.165, 1.54) is 17.5 Å². The summed E-state index contributed by atoms with van der Waals surface area (Å²) in [5.74, 6) is 0. The van der Waals surface area contributed by atoms with Gasteiger partial charge in [-0.2, -0.15) is 0 Å². The first kappa shape index (κ1) is 13.1. The van der Waals surface area contributed by atoms with Crippen molar-refractivity contribution >= 4 is 0 Å². The van der Waals surface area contributed by atoms with E-state index in [-0.39, 0.29) is 11.5 Å². The SMILES string of the molecule is CC1(C)CCCC[C@]1(O)C1c2ccccc2-c2cncn21. The number of benzene rings is 1. The van der Waals surface area contributed by atoms with Gasteiger partial charge in [0.15, 0.2) is 0 Å². The summed E-state index contributed by atoms with van der Waals surface area (Å²) in [5, 5.41) is 11.7. The van der Waals surface area contributed by atoms with Gasteiger partial charge < -0.3 is 9.67 Å². The summed E-state index contributed by atoms with van der Waals surface area (Å²) in [5.41, 5.74) is 2.79. The molecule has 0 radical (unpaired) electrons. The van der Waals surface area contributed by atoms with E-state index >= 15 is 0 Å². The molecule has 21 heavy (non-hydrogen) atoms. The van der Waals surface area contributed by atoms with Gasteiger partial charge in [-0.05, 0) is 23.8 Å². The molecule has 1 unspecified atom stereocenters. The molecular formula is C18H22N2O. The highest BCUT2D eigenvalue weighted by Gasteiger charge is 2.54. The minimum Gasteiger partial charge on any atom is -0.387 e. The van der Waals surface area contributed by atoms with E-state index in [1.54, 1.807) is 0 Å². The predicted octanol–water partition coefficient (Wildman–Crippen LogP) is 3.78. The zero-order chi connectivity index (χ0) is 14.7. The Morgan fingerprint density at radius 2 is 1.95 bits per heavy atom. The summed E-state index contributed by atoms with van der Waals surface area (Å²) in [7, 11) is 0. The van der Waals surface area contributed by atoms with Gasteiger partial charge in [0.1, 0.15) is 0 Å². The van der Waals surface area contributed by atoms with Gasteiger partial charge in [0.2, 0.25) is 0 Å². The Labute approximate surface area is 125 Å². The molecule has 110 valence electrons. The Kier molecular flexibility index (Phi) is 2.62. The third-order valence-electron chi connectivity index (χ3n) is 5.71. The molecule has 2 aliphatic rings. The van der Waals surface area contributed by atoms with Gasteiger partial charge in [0.05, 0.1) is 29.9 Å². The lowest BCUT2D eigenvalue weighted by atomic mass is 9.61. The monoisotopic (exact) mass is 282 g/mol. The zero-order valence-corrected chi connectivity index (χ0v) is 12.7. The van der Waals surface area contributed by atoms with E-state index in [0.717, 1.165) is 25.0 Å². The normalized spacial score (nSPS) is 30.0. The average molecular weight is 282 g/mol. The molecule has 2 atom stereocenters. The Hall–Kier alpha value is -1.61. The Morgan fingerprint density at radius 1 is 1.19 bits per heavy atom. The molecule has 1 aliphatic heterocycles. The van der Waals surface area contributed by atoms with Crippen molar-refractivity contribution in [1.29, 1.82) is 0 Å². The zero-order valence-electron chi connectivity index (χ0n) is 12.7. The molecule has 2 heterocycles. The molecule has 1 aromatic heterocycles. The standard InChI is InChI=1S/C18H22N2O/c1-17(2)9-5-6-10-18(17,21)16-14-8-4-3-7-13(14)15-11-19-12-20(15)16/h3-4,7-8,11-12,16,21H,5-6,9-10H2,1-2H3/t16?,18-/m0/s1. The second-order valence-corrected chi connectivity index (χ2v) is 7.19. The van der Waals surface area contributed by atoms with Crippen LogP contribution in [0.3, 0.4) is 0 Å². The summed E-state index contributed by atoms with van der Waals surface area (Å²) in [6, 6.07) is 8.43. The summed E-state index contributed by atoms with van der Waals surface area (Å²) in [6.07, 6.45) is 8.03. The van der Waals surface area contributed by atoms with Gasteiger partial charge in [-0.25, -0.2) is 4.98 Å². The number of hydrogen-bond acceptors (Lipinski definition) is 2. The molecule has 2 aromatic rings. The second-order valence-electron chi connectivity index (χ2n) is 7.19. The van der Waals surface area contributed by atoms with Crippen molar-refractivity contribution in [3.05, 3.63) is 42.4 Å². The first-order valence-corrected chi connectivity index (χ1v) is 7.88. The fourth-order valence-electron chi connectivity index (χ4n) is 4.35. The molecule has 0 saturated heterocycles. The van der Waals surface area contributed by atoms with Crippen molar-refractivity contribution < 1.29 is 5.11 Å². The molecule has 1 N–H and O–H groups in total. The molecule has 1 aliphatic carbocycles. The molecule has 4 rings (SSSR count). The van der Waals surface area contributed by atoms with Crippen LogP contribution in [0, 0.1) is 5.41 Å². The first-order valence-electron chi connectivity index (χ1n) is 7.88. The maximum absolute atomic E-state index is 11.7. The average Bonchev–Trinajstić information content (AvgIpc) is 3.02. The number of aliphatic hydroxyl groups is 1. The van der Waals surface area contributed by atoms with Gasteiger partial charge in [-0.1, -0.05) is 51.0 Å². The van der Waals surface area contributed by atoms with Crippen LogP contribution < -0.4 is 0 Å². The van der Waals surface area contributed by atoms with Crippen LogP contribution >= 0.6 is 0 Å². The fourth-order valence-corrected chi connectivity index (χ4v) is 4.35. The lowest BCUT2D eigenvalue weighted by molar-refractivity contribution is -0.121. The summed E-state index contributed by atoms with van der Waals surface area (Å²) in [4.78, 5) is 4.32. The number of nitrogens with zero attached hydrogens (tertiary/aromatic N) is 2. The van der Waals surface area contributed by atoms with Gasteiger partial charge in [-0.15, -0.1) is 0 Å². The third-order valence-corrected chi connectivity index (χ3v) is 5.71. The van der Waals surface area contributed by atoms with Crippen molar-refractivity contribution in [2.24, 2.45) is 5.41 Å². The first-order chi connectivity index (χ1) is 10.0. The Balaban J connectivity index is 1.93. The molecule has 1 fully saturated rings. The van der Waals surface area contributed by atoms with E-state index in [2.05, 4.69) is 47.7 Å². The lowest BCUT2D eigenvalue weighted by Crippen LogP contribution is -2.52. The van der Waals surface area contributed by atoms with Crippen LogP contribution in [-0.4, -0.2) is 20.3 Å². The molecule has 3 heteroatoms. The molecular weight excluding hydrogens is 260 g/mol. The largest absolute Gasteiger partial charge is 0.387 e. The van der Waals surface area contributed by atoms with E-state index < -0.39 is 5.60 Å². The topological polar surface area (TPSA) is 38.1 Å². The van der Waals surface area contributed by atoms with Gasteiger partial charge in [-0.3, -0.25) is 0 Å². The van der Waals surface area contributed by atoms with E-state index in [4.69, 9.17) is 0 Å². The smallest absolute Gasteiger partial charge is 0.0957 e. The summed E-state index contributed by atoms with van der Waals surface area (Å²) in [6.45, 7) is 4.42. The molecule has 0 spiro atoms. The van der Waals surface area contributed by atoms with Crippen LogP contribution in [0.2, 0.25) is 0 Å². The van der Waals surface area contributed by atoms with Crippen LogP contribution in [0.1, 0.15) is 51.1 Å². The summed E-state index contributed by atoms with van der Waals surface area (Å²) < 4.78 is 2.18. The number of imidazole rings is 1. The van der Waals surface area contributed by atoms with Gasteiger partial charge in [0.25, 0.3) is 0 Å². The lowest BCUT2D eigenvalue weighted by Gasteiger charge is -2.50.